The van der Waals surface area contributed by atoms with E-state index >= 15 is 0 Å². The third-order valence-electron chi connectivity index (χ3n) is 6.75. The average Bonchev–Trinajstić information content (AvgIpc) is 3.18. The summed E-state index contributed by atoms with van der Waals surface area (Å²) in [7, 11) is 0.488. The lowest BCUT2D eigenvalue weighted by molar-refractivity contribution is -0.123. The van der Waals surface area contributed by atoms with Gasteiger partial charge in [0, 0.05) is 17.6 Å². The normalized spacial score (nSPS) is 23.7. The fraction of sp³-hybridized carbons (Fsp3) is 0.458. The molecule has 5 heterocycles. The molecule has 1 amide bonds. The minimum absolute atomic E-state index is 0.0674. The molecule has 2 atom stereocenters. The van der Waals surface area contributed by atoms with Gasteiger partial charge in [-0.2, -0.15) is 5.10 Å². The number of piperidine rings is 1. The zero-order valence-electron chi connectivity index (χ0n) is 18.7. The van der Waals surface area contributed by atoms with Gasteiger partial charge in [0.1, 0.15) is 0 Å². The first-order valence-electron chi connectivity index (χ1n) is 11.2. The number of carbonyl (C=O) groups is 1. The number of fused-ring (bicyclic) bond motifs is 2. The van der Waals surface area contributed by atoms with Crippen LogP contribution in [0.15, 0.2) is 41.8 Å². The smallest absolute Gasteiger partial charge is 0.252 e. The standard InChI is InChI=1S/C24H30N5OP/c1-5-27-8-6-18(7-9-27)19-10-15(2)24-28(14-19)23(30)12-22(31-24)20-11-21-17(4)25-16(3)13-29(21)26-20/h10-14,18,24,31H,5-9H2,1-4H3. The summed E-state index contributed by atoms with van der Waals surface area (Å²) in [4.78, 5) is 22.2. The van der Waals surface area contributed by atoms with Crippen molar-refractivity contribution in [1.82, 2.24) is 24.4 Å². The SMILES string of the molecule is CCN1CCC(C2=CN3C(=O)C=C(c4cc5c(C)nc(C)cn5n4)PC3C(C)=C2)CC1. The highest BCUT2D eigenvalue weighted by atomic mass is 31.1. The number of amides is 1. The summed E-state index contributed by atoms with van der Waals surface area (Å²) in [6.45, 7) is 11.8. The van der Waals surface area contributed by atoms with Crippen molar-refractivity contribution < 1.29 is 4.79 Å². The number of aromatic nitrogens is 3. The summed E-state index contributed by atoms with van der Waals surface area (Å²) in [5.41, 5.74) is 6.39. The van der Waals surface area contributed by atoms with Gasteiger partial charge in [-0.3, -0.25) is 9.78 Å². The van der Waals surface area contributed by atoms with Gasteiger partial charge in [0.2, 0.25) is 0 Å². The van der Waals surface area contributed by atoms with Gasteiger partial charge in [0.25, 0.3) is 5.91 Å². The Morgan fingerprint density at radius 3 is 2.68 bits per heavy atom. The fourth-order valence-electron chi connectivity index (χ4n) is 4.97. The summed E-state index contributed by atoms with van der Waals surface area (Å²) in [5.74, 6) is 0.730. The van der Waals surface area contributed by atoms with Crippen LogP contribution in [-0.4, -0.2) is 55.7 Å². The van der Waals surface area contributed by atoms with Crippen molar-refractivity contribution >= 4 is 25.3 Å². The first-order chi connectivity index (χ1) is 14.9. The van der Waals surface area contributed by atoms with Crippen molar-refractivity contribution in [1.29, 1.82) is 0 Å². The molecule has 0 aromatic carbocycles. The molecular formula is C24H30N5OP. The Bertz CT molecular complexity index is 1140. The van der Waals surface area contributed by atoms with Crippen LogP contribution in [0.25, 0.3) is 10.8 Å². The molecule has 162 valence electrons. The second kappa shape index (κ2) is 7.99. The summed E-state index contributed by atoms with van der Waals surface area (Å²) < 4.78 is 1.89. The van der Waals surface area contributed by atoms with E-state index in [-0.39, 0.29) is 11.7 Å². The molecule has 2 aromatic rings. The minimum Gasteiger partial charge on any atom is -0.304 e. The van der Waals surface area contributed by atoms with Crippen LogP contribution in [-0.2, 0) is 4.79 Å². The molecule has 0 aliphatic carbocycles. The Balaban J connectivity index is 1.42. The third-order valence-corrected chi connectivity index (χ3v) is 8.47. The summed E-state index contributed by atoms with van der Waals surface area (Å²) in [6, 6.07) is 2.06. The van der Waals surface area contributed by atoms with Crippen molar-refractivity contribution in [3.05, 3.63) is 58.8 Å². The van der Waals surface area contributed by atoms with Gasteiger partial charge < -0.3 is 9.80 Å². The minimum atomic E-state index is 0.0674. The summed E-state index contributed by atoms with van der Waals surface area (Å²) >= 11 is 0. The summed E-state index contributed by atoms with van der Waals surface area (Å²) in [5, 5.41) is 5.80. The number of likely N-dealkylation sites (tertiary alicyclic amines) is 1. The molecule has 0 bridgehead atoms. The van der Waals surface area contributed by atoms with E-state index in [0.29, 0.717) is 14.5 Å². The molecule has 3 aliphatic heterocycles. The van der Waals surface area contributed by atoms with Gasteiger partial charge in [-0.1, -0.05) is 21.6 Å². The van der Waals surface area contributed by atoms with E-state index in [1.54, 1.807) is 6.08 Å². The zero-order chi connectivity index (χ0) is 21.7. The zero-order valence-corrected chi connectivity index (χ0v) is 19.7. The fourth-order valence-corrected chi connectivity index (χ4v) is 6.39. The number of carbonyl (C=O) groups excluding carboxylic acids is 1. The number of hydrogen-bond acceptors (Lipinski definition) is 4. The van der Waals surface area contributed by atoms with Crippen molar-refractivity contribution in [3.8, 4) is 0 Å². The van der Waals surface area contributed by atoms with Crippen LogP contribution in [0.1, 0.15) is 43.8 Å². The summed E-state index contributed by atoms with van der Waals surface area (Å²) in [6.07, 6.45) is 10.6. The first kappa shape index (κ1) is 20.6. The highest BCUT2D eigenvalue weighted by molar-refractivity contribution is 7.51. The molecule has 1 saturated heterocycles. The van der Waals surface area contributed by atoms with E-state index in [1.807, 2.05) is 29.5 Å². The van der Waals surface area contributed by atoms with Crippen molar-refractivity contribution in [3.63, 3.8) is 0 Å². The Labute approximate surface area is 185 Å². The molecule has 0 saturated carbocycles. The van der Waals surface area contributed by atoms with Crippen LogP contribution in [0.5, 0.6) is 0 Å². The van der Waals surface area contributed by atoms with E-state index in [9.17, 15) is 4.79 Å². The van der Waals surface area contributed by atoms with Gasteiger partial charge in [0.05, 0.1) is 34.6 Å². The van der Waals surface area contributed by atoms with Crippen molar-refractivity contribution in [2.45, 2.75) is 46.3 Å². The molecule has 2 aromatic heterocycles. The van der Waals surface area contributed by atoms with E-state index in [4.69, 9.17) is 5.10 Å². The molecule has 2 unspecified atom stereocenters. The maximum Gasteiger partial charge on any atom is 0.252 e. The van der Waals surface area contributed by atoms with Crippen LogP contribution in [0.3, 0.4) is 0 Å². The Kier molecular flexibility index (Phi) is 5.31. The molecule has 3 aliphatic rings. The van der Waals surface area contributed by atoms with Gasteiger partial charge in [-0.25, -0.2) is 4.52 Å². The van der Waals surface area contributed by atoms with Crippen LogP contribution in [0.2, 0.25) is 0 Å². The average molecular weight is 436 g/mol. The molecular weight excluding hydrogens is 405 g/mol. The Hall–Kier alpha value is -2.30. The van der Waals surface area contributed by atoms with Crippen LogP contribution in [0, 0.1) is 19.8 Å². The Morgan fingerprint density at radius 2 is 1.94 bits per heavy atom. The Morgan fingerprint density at radius 1 is 1.16 bits per heavy atom. The molecule has 0 radical (unpaired) electrons. The largest absolute Gasteiger partial charge is 0.304 e. The van der Waals surface area contributed by atoms with Crippen molar-refractivity contribution in [2.24, 2.45) is 5.92 Å². The highest BCUT2D eigenvalue weighted by Gasteiger charge is 2.34. The van der Waals surface area contributed by atoms with Gasteiger partial charge >= 0.3 is 0 Å². The topological polar surface area (TPSA) is 53.7 Å². The number of rotatable bonds is 3. The predicted octanol–water partition coefficient (Wildman–Crippen LogP) is 4.11. The van der Waals surface area contributed by atoms with E-state index in [1.165, 1.54) is 24.0 Å². The quantitative estimate of drug-likeness (QED) is 0.681. The second-order valence-corrected chi connectivity index (χ2v) is 10.3. The number of aryl methyl sites for hydroxylation is 2. The van der Waals surface area contributed by atoms with E-state index < -0.39 is 0 Å². The van der Waals surface area contributed by atoms with Crippen molar-refractivity contribution in [2.75, 3.05) is 19.6 Å². The van der Waals surface area contributed by atoms with Crippen LogP contribution < -0.4 is 0 Å². The highest BCUT2D eigenvalue weighted by Crippen LogP contribution is 2.47. The second-order valence-electron chi connectivity index (χ2n) is 8.90. The predicted molar refractivity (Wildman–Crippen MR) is 126 cm³/mol. The maximum absolute atomic E-state index is 13.1. The lowest BCUT2D eigenvalue weighted by atomic mass is 9.87. The molecule has 0 N–H and O–H groups in total. The number of nitrogens with zero attached hydrogens (tertiary/aromatic N) is 5. The molecule has 6 nitrogen and oxygen atoms in total. The number of hydrogen-bond donors (Lipinski definition) is 0. The molecule has 5 rings (SSSR count). The monoisotopic (exact) mass is 435 g/mol. The van der Waals surface area contributed by atoms with E-state index in [2.05, 4.69) is 42.1 Å². The third kappa shape index (κ3) is 3.77. The maximum atomic E-state index is 13.1. The molecule has 31 heavy (non-hydrogen) atoms. The van der Waals surface area contributed by atoms with Crippen LogP contribution in [0.4, 0.5) is 0 Å². The first-order valence-corrected chi connectivity index (χ1v) is 12.3. The number of allylic oxidation sites excluding steroid dienone is 2. The lowest BCUT2D eigenvalue weighted by Gasteiger charge is -2.39. The van der Waals surface area contributed by atoms with Gasteiger partial charge in [0.15, 0.2) is 0 Å². The molecule has 0 spiro atoms. The lowest BCUT2D eigenvalue weighted by Crippen LogP contribution is -2.39. The van der Waals surface area contributed by atoms with E-state index in [0.717, 1.165) is 47.5 Å². The van der Waals surface area contributed by atoms with Gasteiger partial charge in [-0.05, 0) is 76.4 Å². The molecule has 1 fully saturated rings. The van der Waals surface area contributed by atoms with Gasteiger partial charge in [-0.15, -0.1) is 0 Å². The molecule has 7 heteroatoms. The van der Waals surface area contributed by atoms with Crippen LogP contribution >= 0.6 is 8.58 Å².